The lowest BCUT2D eigenvalue weighted by atomic mass is 9.88. The standard InChI is InChI=1S/C44H34N4/c1-44(2,3)31-22-24-46-42(26-31)48-39-19-10-8-16-35(39)43-36(29-13-5-4-6-14-29)27-32(28-41(43)48)47-38-18-9-7-15-33(38)34-21-20-30(25-40(34)47)37-17-11-12-23-45-37/h4-28H,1-3H3. The second-order valence-corrected chi connectivity index (χ2v) is 13.6. The van der Waals surface area contributed by atoms with Crippen LogP contribution in [0.25, 0.3) is 77.5 Å². The third kappa shape index (κ3) is 4.44. The topological polar surface area (TPSA) is 35.6 Å². The van der Waals surface area contributed by atoms with Crippen molar-refractivity contribution in [3.05, 3.63) is 157 Å². The van der Waals surface area contributed by atoms with Crippen LogP contribution in [0.2, 0.25) is 0 Å². The minimum absolute atomic E-state index is 0.00883. The first kappa shape index (κ1) is 28.2. The van der Waals surface area contributed by atoms with Crippen molar-refractivity contribution in [3.63, 3.8) is 0 Å². The minimum atomic E-state index is -0.00883. The molecule has 4 aromatic heterocycles. The molecule has 9 rings (SSSR count). The highest BCUT2D eigenvalue weighted by Gasteiger charge is 2.22. The first-order valence-electron chi connectivity index (χ1n) is 16.5. The van der Waals surface area contributed by atoms with Crippen LogP contribution >= 0.6 is 0 Å². The van der Waals surface area contributed by atoms with Gasteiger partial charge in [0.2, 0.25) is 0 Å². The molecule has 0 aliphatic heterocycles. The number of hydrogen-bond donors (Lipinski definition) is 0. The molecule has 9 aromatic rings. The van der Waals surface area contributed by atoms with E-state index in [1.165, 1.54) is 43.8 Å². The molecule has 4 heteroatoms. The van der Waals surface area contributed by atoms with E-state index in [1.54, 1.807) is 0 Å². The van der Waals surface area contributed by atoms with E-state index in [-0.39, 0.29) is 5.41 Å². The van der Waals surface area contributed by atoms with Crippen LogP contribution in [0.1, 0.15) is 26.3 Å². The molecule has 48 heavy (non-hydrogen) atoms. The molecular weight excluding hydrogens is 585 g/mol. The average molecular weight is 619 g/mol. The molecule has 230 valence electrons. The molecule has 0 unspecified atom stereocenters. The number of fused-ring (bicyclic) bond motifs is 6. The Bertz CT molecular complexity index is 2640. The summed E-state index contributed by atoms with van der Waals surface area (Å²) >= 11 is 0. The van der Waals surface area contributed by atoms with Gasteiger partial charge in [-0.25, -0.2) is 4.98 Å². The van der Waals surface area contributed by atoms with Gasteiger partial charge >= 0.3 is 0 Å². The van der Waals surface area contributed by atoms with Crippen molar-refractivity contribution in [2.45, 2.75) is 26.2 Å². The number of benzene rings is 5. The van der Waals surface area contributed by atoms with Crippen molar-refractivity contribution in [1.29, 1.82) is 0 Å². The lowest BCUT2D eigenvalue weighted by Crippen LogP contribution is -2.12. The number of hydrogen-bond acceptors (Lipinski definition) is 2. The summed E-state index contributed by atoms with van der Waals surface area (Å²) in [6.07, 6.45) is 3.81. The van der Waals surface area contributed by atoms with Gasteiger partial charge < -0.3 is 4.57 Å². The Morgan fingerprint density at radius 2 is 1.19 bits per heavy atom. The van der Waals surface area contributed by atoms with Crippen LogP contribution in [0, 0.1) is 0 Å². The first-order chi connectivity index (χ1) is 23.5. The van der Waals surface area contributed by atoms with E-state index >= 15 is 0 Å². The average Bonchev–Trinajstić information content (AvgIpc) is 3.64. The Balaban J connectivity index is 1.43. The highest BCUT2D eigenvalue weighted by atomic mass is 15.1. The van der Waals surface area contributed by atoms with Crippen LogP contribution in [0.3, 0.4) is 0 Å². The summed E-state index contributed by atoms with van der Waals surface area (Å²) in [6, 6.07) is 50.1. The molecule has 0 aliphatic rings. The van der Waals surface area contributed by atoms with Crippen LogP contribution in [0.5, 0.6) is 0 Å². The van der Waals surface area contributed by atoms with Crippen LogP contribution < -0.4 is 0 Å². The number of nitrogens with zero attached hydrogens (tertiary/aromatic N) is 4. The number of rotatable bonds is 4. The third-order valence-corrected chi connectivity index (χ3v) is 9.58. The molecule has 4 heterocycles. The largest absolute Gasteiger partial charge is 0.309 e. The molecule has 0 saturated carbocycles. The van der Waals surface area contributed by atoms with E-state index in [1.807, 2.05) is 24.5 Å². The maximum absolute atomic E-state index is 4.98. The van der Waals surface area contributed by atoms with E-state index in [2.05, 4.69) is 162 Å². The predicted molar refractivity (Wildman–Crippen MR) is 200 cm³/mol. The minimum Gasteiger partial charge on any atom is -0.309 e. The van der Waals surface area contributed by atoms with Gasteiger partial charge in [-0.05, 0) is 76.7 Å². The summed E-state index contributed by atoms with van der Waals surface area (Å²) < 4.78 is 4.77. The van der Waals surface area contributed by atoms with Crippen molar-refractivity contribution in [3.8, 4) is 33.9 Å². The zero-order chi connectivity index (χ0) is 32.4. The van der Waals surface area contributed by atoms with E-state index in [9.17, 15) is 0 Å². The number of aromatic nitrogens is 4. The SMILES string of the molecule is CC(C)(C)c1ccnc(-n2c3ccccc3c3c(-c4ccccc4)cc(-n4c5ccccc5c5ccc(-c6ccccn6)cc54)cc32)c1. The Morgan fingerprint density at radius 3 is 1.96 bits per heavy atom. The fourth-order valence-electron chi connectivity index (χ4n) is 7.25. The van der Waals surface area contributed by atoms with E-state index in [0.29, 0.717) is 0 Å². The summed E-state index contributed by atoms with van der Waals surface area (Å²) in [5, 5.41) is 4.87. The maximum Gasteiger partial charge on any atom is 0.137 e. The van der Waals surface area contributed by atoms with Crippen LogP contribution in [0.4, 0.5) is 0 Å². The van der Waals surface area contributed by atoms with Crippen LogP contribution in [-0.4, -0.2) is 19.1 Å². The van der Waals surface area contributed by atoms with Gasteiger partial charge in [0.25, 0.3) is 0 Å². The summed E-state index contributed by atoms with van der Waals surface area (Å²) in [7, 11) is 0. The van der Waals surface area contributed by atoms with Gasteiger partial charge in [0, 0.05) is 45.2 Å². The van der Waals surface area contributed by atoms with E-state index in [0.717, 1.165) is 39.3 Å². The smallest absolute Gasteiger partial charge is 0.137 e. The summed E-state index contributed by atoms with van der Waals surface area (Å²) in [5.74, 6) is 0.921. The molecule has 0 N–H and O–H groups in total. The second-order valence-electron chi connectivity index (χ2n) is 13.6. The predicted octanol–water partition coefficient (Wildman–Crippen LogP) is 11.3. The van der Waals surface area contributed by atoms with Gasteiger partial charge in [0.15, 0.2) is 0 Å². The fraction of sp³-hybridized carbons (Fsp3) is 0.0909. The summed E-state index contributed by atoms with van der Waals surface area (Å²) in [4.78, 5) is 9.67. The number of para-hydroxylation sites is 2. The lowest BCUT2D eigenvalue weighted by molar-refractivity contribution is 0.588. The first-order valence-corrected chi connectivity index (χ1v) is 16.5. The zero-order valence-electron chi connectivity index (χ0n) is 27.2. The second kappa shape index (κ2) is 10.8. The Morgan fingerprint density at radius 1 is 0.479 bits per heavy atom. The van der Waals surface area contributed by atoms with Gasteiger partial charge in [0.1, 0.15) is 5.82 Å². The van der Waals surface area contributed by atoms with Gasteiger partial charge in [-0.3, -0.25) is 9.55 Å². The maximum atomic E-state index is 4.98. The fourth-order valence-corrected chi connectivity index (χ4v) is 7.25. The normalized spacial score (nSPS) is 12.1. The lowest BCUT2D eigenvalue weighted by Gasteiger charge is -2.20. The molecule has 4 nitrogen and oxygen atoms in total. The van der Waals surface area contributed by atoms with E-state index in [4.69, 9.17) is 4.98 Å². The Hall–Kier alpha value is -6.00. The Kier molecular flexibility index (Phi) is 6.34. The molecule has 0 bridgehead atoms. The molecular formula is C44H34N4. The van der Waals surface area contributed by atoms with Crippen LogP contribution in [-0.2, 0) is 5.41 Å². The molecule has 0 saturated heterocycles. The third-order valence-electron chi connectivity index (χ3n) is 9.58. The molecule has 0 fully saturated rings. The molecule has 0 spiro atoms. The molecule has 0 amide bonds. The molecule has 0 atom stereocenters. The van der Waals surface area contributed by atoms with Gasteiger partial charge in [-0.15, -0.1) is 0 Å². The number of pyridine rings is 2. The van der Waals surface area contributed by atoms with Gasteiger partial charge in [-0.1, -0.05) is 106 Å². The summed E-state index contributed by atoms with van der Waals surface area (Å²) in [6.45, 7) is 6.77. The highest BCUT2D eigenvalue weighted by Crippen LogP contribution is 2.42. The highest BCUT2D eigenvalue weighted by molar-refractivity contribution is 6.17. The van der Waals surface area contributed by atoms with E-state index < -0.39 is 0 Å². The van der Waals surface area contributed by atoms with Gasteiger partial charge in [0.05, 0.1) is 27.8 Å². The molecule has 0 radical (unpaired) electrons. The van der Waals surface area contributed by atoms with Crippen molar-refractivity contribution in [1.82, 2.24) is 19.1 Å². The van der Waals surface area contributed by atoms with Crippen molar-refractivity contribution in [2.24, 2.45) is 0 Å². The zero-order valence-corrected chi connectivity index (χ0v) is 27.2. The van der Waals surface area contributed by atoms with Crippen molar-refractivity contribution >= 4 is 43.6 Å². The quantitative estimate of drug-likeness (QED) is 0.197. The Labute approximate surface area is 279 Å². The monoisotopic (exact) mass is 618 g/mol. The van der Waals surface area contributed by atoms with Crippen LogP contribution in [0.15, 0.2) is 152 Å². The molecule has 5 aromatic carbocycles. The summed E-state index contributed by atoms with van der Waals surface area (Å²) in [5.41, 5.74) is 11.3. The van der Waals surface area contributed by atoms with Gasteiger partial charge in [-0.2, -0.15) is 0 Å². The van der Waals surface area contributed by atoms with Crippen molar-refractivity contribution in [2.75, 3.05) is 0 Å². The van der Waals surface area contributed by atoms with Crippen molar-refractivity contribution < 1.29 is 0 Å². The molecule has 0 aliphatic carbocycles.